The van der Waals surface area contributed by atoms with Gasteiger partial charge in [-0.2, -0.15) is 0 Å². The second-order valence-corrected chi connectivity index (χ2v) is 6.70. The number of likely N-dealkylation sites (N-methyl/N-ethyl adjacent to an activating group) is 1. The van der Waals surface area contributed by atoms with E-state index in [1.165, 1.54) is 0 Å². The SMILES string of the molecule is CCN1CCN([C@H](C(=O)O)c2cn(CC(=O)O)c3ccc(OC)cc23)CC1. The average molecular weight is 375 g/mol. The number of ether oxygens (including phenoxy) is 1. The molecule has 146 valence electrons. The minimum absolute atomic E-state index is 0.223. The van der Waals surface area contributed by atoms with Crippen LogP contribution in [-0.2, 0) is 16.1 Å². The zero-order valence-electron chi connectivity index (χ0n) is 15.6. The van der Waals surface area contributed by atoms with Crippen LogP contribution in [0.1, 0.15) is 18.5 Å². The van der Waals surface area contributed by atoms with E-state index in [9.17, 15) is 19.8 Å². The second-order valence-electron chi connectivity index (χ2n) is 6.70. The van der Waals surface area contributed by atoms with Gasteiger partial charge in [-0.05, 0) is 24.7 Å². The number of carbonyl (C=O) groups is 2. The summed E-state index contributed by atoms with van der Waals surface area (Å²) < 4.78 is 6.88. The van der Waals surface area contributed by atoms with Crippen LogP contribution in [0.25, 0.3) is 10.9 Å². The molecule has 0 bridgehead atoms. The molecule has 0 spiro atoms. The summed E-state index contributed by atoms with van der Waals surface area (Å²) in [7, 11) is 1.55. The van der Waals surface area contributed by atoms with Crippen LogP contribution >= 0.6 is 0 Å². The lowest BCUT2D eigenvalue weighted by atomic mass is 10.0. The highest BCUT2D eigenvalue weighted by atomic mass is 16.5. The third kappa shape index (κ3) is 3.91. The molecule has 0 aliphatic carbocycles. The highest BCUT2D eigenvalue weighted by molar-refractivity contribution is 5.91. The molecular formula is C19H25N3O5. The van der Waals surface area contributed by atoms with Crippen molar-refractivity contribution in [3.8, 4) is 5.75 Å². The average Bonchev–Trinajstić information content (AvgIpc) is 2.99. The maximum atomic E-state index is 12.2. The normalized spacial score (nSPS) is 17.1. The minimum atomic E-state index is -0.974. The van der Waals surface area contributed by atoms with Crippen LogP contribution in [0.3, 0.4) is 0 Å². The van der Waals surface area contributed by atoms with Crippen molar-refractivity contribution in [3.05, 3.63) is 30.0 Å². The number of hydrogen-bond acceptors (Lipinski definition) is 5. The summed E-state index contributed by atoms with van der Waals surface area (Å²) in [5, 5.41) is 19.9. The summed E-state index contributed by atoms with van der Waals surface area (Å²) in [6, 6.07) is 4.48. The summed E-state index contributed by atoms with van der Waals surface area (Å²) in [6.07, 6.45) is 1.66. The van der Waals surface area contributed by atoms with Crippen molar-refractivity contribution in [2.75, 3.05) is 39.8 Å². The first-order valence-corrected chi connectivity index (χ1v) is 9.02. The van der Waals surface area contributed by atoms with Crippen molar-refractivity contribution in [2.24, 2.45) is 0 Å². The quantitative estimate of drug-likeness (QED) is 0.757. The van der Waals surface area contributed by atoms with E-state index in [2.05, 4.69) is 11.8 Å². The number of aliphatic carboxylic acids is 2. The number of hydrogen-bond donors (Lipinski definition) is 2. The van der Waals surface area contributed by atoms with Crippen molar-refractivity contribution in [3.63, 3.8) is 0 Å². The molecule has 8 nitrogen and oxygen atoms in total. The first kappa shape index (κ1) is 19.2. The van der Waals surface area contributed by atoms with Crippen LogP contribution < -0.4 is 4.74 Å². The Kier molecular flexibility index (Phi) is 5.67. The van der Waals surface area contributed by atoms with Gasteiger partial charge < -0.3 is 24.4 Å². The van der Waals surface area contributed by atoms with E-state index in [0.717, 1.165) is 19.6 Å². The van der Waals surface area contributed by atoms with Crippen molar-refractivity contribution in [1.29, 1.82) is 0 Å². The van der Waals surface area contributed by atoms with Crippen LogP contribution in [0.2, 0.25) is 0 Å². The third-order valence-corrected chi connectivity index (χ3v) is 5.17. The smallest absolute Gasteiger partial charge is 0.325 e. The van der Waals surface area contributed by atoms with E-state index in [1.807, 2.05) is 4.90 Å². The van der Waals surface area contributed by atoms with Gasteiger partial charge in [0.15, 0.2) is 0 Å². The van der Waals surface area contributed by atoms with E-state index >= 15 is 0 Å². The molecule has 2 aromatic rings. The van der Waals surface area contributed by atoms with Crippen LogP contribution in [0.4, 0.5) is 0 Å². The zero-order chi connectivity index (χ0) is 19.6. The molecule has 27 heavy (non-hydrogen) atoms. The molecule has 3 rings (SSSR count). The van der Waals surface area contributed by atoms with Crippen molar-refractivity contribution < 1.29 is 24.5 Å². The Morgan fingerprint density at radius 2 is 1.89 bits per heavy atom. The molecule has 2 heterocycles. The Morgan fingerprint density at radius 3 is 2.44 bits per heavy atom. The second kappa shape index (κ2) is 7.98. The standard InChI is InChI=1S/C19H25N3O5/c1-3-20-6-8-21(9-7-20)18(19(25)26)15-11-22(12-17(23)24)16-5-4-13(27-2)10-14(15)16/h4-5,10-11,18H,3,6-9,12H2,1-2H3,(H,23,24)(H,25,26)/t18-/m0/s1. The van der Waals surface area contributed by atoms with Gasteiger partial charge in [-0.15, -0.1) is 0 Å². The predicted molar refractivity (Wildman–Crippen MR) is 100 cm³/mol. The van der Waals surface area contributed by atoms with Gasteiger partial charge >= 0.3 is 11.9 Å². The fraction of sp³-hybridized carbons (Fsp3) is 0.474. The van der Waals surface area contributed by atoms with Gasteiger partial charge in [0.05, 0.1) is 7.11 Å². The Hall–Kier alpha value is -2.58. The molecule has 2 N–H and O–H groups in total. The molecule has 1 aromatic carbocycles. The lowest BCUT2D eigenvalue weighted by Crippen LogP contribution is -2.49. The van der Waals surface area contributed by atoms with E-state index in [-0.39, 0.29) is 6.54 Å². The number of piperazine rings is 1. The first-order valence-electron chi connectivity index (χ1n) is 9.02. The van der Waals surface area contributed by atoms with E-state index in [1.54, 1.807) is 36.1 Å². The van der Waals surface area contributed by atoms with Gasteiger partial charge in [-0.3, -0.25) is 14.5 Å². The van der Waals surface area contributed by atoms with Crippen LogP contribution in [-0.4, -0.2) is 76.4 Å². The van der Waals surface area contributed by atoms with E-state index in [0.29, 0.717) is 35.3 Å². The number of carboxylic acids is 2. The van der Waals surface area contributed by atoms with Crippen molar-refractivity contribution in [1.82, 2.24) is 14.4 Å². The Bertz CT molecular complexity index is 839. The summed E-state index contributed by atoms with van der Waals surface area (Å²) in [6.45, 7) is 5.76. The van der Waals surface area contributed by atoms with Crippen molar-refractivity contribution in [2.45, 2.75) is 19.5 Å². The number of fused-ring (bicyclic) bond motifs is 1. The lowest BCUT2D eigenvalue weighted by Gasteiger charge is -2.37. The highest BCUT2D eigenvalue weighted by Gasteiger charge is 2.32. The monoisotopic (exact) mass is 375 g/mol. The minimum Gasteiger partial charge on any atom is -0.497 e. The van der Waals surface area contributed by atoms with Crippen LogP contribution in [0.15, 0.2) is 24.4 Å². The molecule has 1 saturated heterocycles. The fourth-order valence-electron chi connectivity index (χ4n) is 3.75. The molecule has 0 unspecified atom stereocenters. The molecular weight excluding hydrogens is 350 g/mol. The number of benzene rings is 1. The molecule has 1 atom stereocenters. The molecule has 1 fully saturated rings. The number of carboxylic acid groups (broad SMARTS) is 2. The van der Waals surface area contributed by atoms with E-state index < -0.39 is 18.0 Å². The summed E-state index contributed by atoms with van der Waals surface area (Å²) in [5.41, 5.74) is 1.29. The van der Waals surface area contributed by atoms with Crippen LogP contribution in [0, 0.1) is 0 Å². The van der Waals surface area contributed by atoms with Crippen LogP contribution in [0.5, 0.6) is 5.75 Å². The molecule has 1 aliphatic heterocycles. The maximum absolute atomic E-state index is 12.2. The molecule has 8 heteroatoms. The molecule has 0 saturated carbocycles. The van der Waals surface area contributed by atoms with Gasteiger partial charge in [-0.1, -0.05) is 6.92 Å². The fourth-order valence-corrected chi connectivity index (χ4v) is 3.75. The maximum Gasteiger partial charge on any atom is 0.325 e. The molecule has 1 aliphatic rings. The largest absolute Gasteiger partial charge is 0.497 e. The number of rotatable bonds is 7. The third-order valence-electron chi connectivity index (χ3n) is 5.17. The Balaban J connectivity index is 2.05. The molecule has 1 aromatic heterocycles. The van der Waals surface area contributed by atoms with Crippen molar-refractivity contribution >= 4 is 22.8 Å². The van der Waals surface area contributed by atoms with Gasteiger partial charge in [0.1, 0.15) is 18.3 Å². The predicted octanol–water partition coefficient (Wildman–Crippen LogP) is 1.50. The number of methoxy groups -OCH3 is 1. The highest BCUT2D eigenvalue weighted by Crippen LogP contribution is 2.33. The molecule has 0 radical (unpaired) electrons. The lowest BCUT2D eigenvalue weighted by molar-refractivity contribution is -0.144. The van der Waals surface area contributed by atoms with Gasteiger partial charge in [0, 0.05) is 48.8 Å². The van der Waals surface area contributed by atoms with Gasteiger partial charge in [-0.25, -0.2) is 0 Å². The number of aromatic nitrogens is 1. The summed E-state index contributed by atoms with van der Waals surface area (Å²) in [4.78, 5) is 27.6. The van der Waals surface area contributed by atoms with E-state index in [4.69, 9.17) is 4.74 Å². The first-order chi connectivity index (χ1) is 12.9. The Labute approximate surface area is 157 Å². The summed E-state index contributed by atoms with van der Waals surface area (Å²) in [5.74, 6) is -1.30. The Morgan fingerprint density at radius 1 is 1.19 bits per heavy atom. The summed E-state index contributed by atoms with van der Waals surface area (Å²) >= 11 is 0. The number of nitrogens with zero attached hydrogens (tertiary/aromatic N) is 3. The zero-order valence-corrected chi connectivity index (χ0v) is 15.6. The topological polar surface area (TPSA) is 95.2 Å². The molecule has 0 amide bonds. The van der Waals surface area contributed by atoms with Gasteiger partial charge in [0.2, 0.25) is 0 Å². The van der Waals surface area contributed by atoms with Gasteiger partial charge in [0.25, 0.3) is 0 Å².